The van der Waals surface area contributed by atoms with Crippen LogP contribution in [0.25, 0.3) is 0 Å². The quantitative estimate of drug-likeness (QED) is 0.690. The van der Waals surface area contributed by atoms with Gasteiger partial charge in [-0.15, -0.1) is 0 Å². The maximum atomic E-state index is 12.4. The number of hydrogen-bond acceptors (Lipinski definition) is 4. The molecule has 5 nitrogen and oxygen atoms in total. The van der Waals surface area contributed by atoms with Gasteiger partial charge in [-0.2, -0.15) is 0 Å². The lowest BCUT2D eigenvalue weighted by Crippen LogP contribution is -2.38. The molecule has 2 aromatic rings. The van der Waals surface area contributed by atoms with Crippen molar-refractivity contribution in [2.75, 3.05) is 18.6 Å². The molecule has 0 aliphatic rings. The zero-order valence-corrected chi connectivity index (χ0v) is 16.6. The molecule has 2 rings (SSSR count). The van der Waals surface area contributed by atoms with E-state index >= 15 is 0 Å². The van der Waals surface area contributed by atoms with E-state index in [2.05, 4.69) is 13.8 Å². The maximum Gasteiger partial charge on any atom is 0.344 e. The van der Waals surface area contributed by atoms with Gasteiger partial charge in [-0.05, 0) is 49.1 Å². The minimum atomic E-state index is -0.895. The molecule has 0 aliphatic heterocycles. The number of likely N-dealkylation sites (N-methyl/N-ethyl adjacent to an activating group) is 1. The van der Waals surface area contributed by atoms with Crippen LogP contribution in [-0.4, -0.2) is 31.6 Å². The van der Waals surface area contributed by atoms with Gasteiger partial charge in [0.05, 0.1) is 0 Å². The Morgan fingerprint density at radius 3 is 2.33 bits per heavy atom. The summed E-state index contributed by atoms with van der Waals surface area (Å²) in [6.45, 7) is 7.42. The van der Waals surface area contributed by atoms with Gasteiger partial charge in [-0.1, -0.05) is 44.2 Å². The SMILES string of the molecule is Cc1ccc(C(C)C)c(OCC(=O)OC(C)C(=O)N(C)c2ccccc2)c1. The second-order valence-corrected chi connectivity index (χ2v) is 6.85. The zero-order chi connectivity index (χ0) is 20.0. The van der Waals surface area contributed by atoms with Crippen LogP contribution in [0.1, 0.15) is 37.8 Å². The van der Waals surface area contributed by atoms with E-state index < -0.39 is 12.1 Å². The number of benzene rings is 2. The molecule has 0 N–H and O–H groups in total. The fourth-order valence-corrected chi connectivity index (χ4v) is 2.71. The summed E-state index contributed by atoms with van der Waals surface area (Å²) in [5.41, 5.74) is 2.82. The minimum Gasteiger partial charge on any atom is -0.482 e. The highest BCUT2D eigenvalue weighted by molar-refractivity contribution is 5.96. The van der Waals surface area contributed by atoms with E-state index in [4.69, 9.17) is 9.47 Å². The lowest BCUT2D eigenvalue weighted by molar-refractivity contribution is -0.155. The summed E-state index contributed by atoms with van der Waals surface area (Å²) in [6.07, 6.45) is -0.895. The Morgan fingerprint density at radius 1 is 1.04 bits per heavy atom. The zero-order valence-electron chi connectivity index (χ0n) is 16.6. The topological polar surface area (TPSA) is 55.8 Å². The summed E-state index contributed by atoms with van der Waals surface area (Å²) in [7, 11) is 1.65. The number of rotatable bonds is 7. The Bertz CT molecular complexity index is 786. The van der Waals surface area contributed by atoms with Crippen molar-refractivity contribution in [2.45, 2.75) is 39.7 Å². The van der Waals surface area contributed by atoms with Gasteiger partial charge in [0.2, 0.25) is 0 Å². The molecule has 0 saturated heterocycles. The second kappa shape index (κ2) is 9.21. The molecule has 0 fully saturated rings. The first-order valence-electron chi connectivity index (χ1n) is 9.05. The Labute approximate surface area is 160 Å². The van der Waals surface area contributed by atoms with Crippen molar-refractivity contribution >= 4 is 17.6 Å². The van der Waals surface area contributed by atoms with Crippen molar-refractivity contribution in [3.63, 3.8) is 0 Å². The van der Waals surface area contributed by atoms with Crippen LogP contribution in [0.15, 0.2) is 48.5 Å². The van der Waals surface area contributed by atoms with Crippen molar-refractivity contribution < 1.29 is 19.1 Å². The predicted molar refractivity (Wildman–Crippen MR) is 106 cm³/mol. The lowest BCUT2D eigenvalue weighted by atomic mass is 10.0. The third-order valence-electron chi connectivity index (χ3n) is 4.27. The third-order valence-corrected chi connectivity index (χ3v) is 4.27. The minimum absolute atomic E-state index is 0.240. The van der Waals surface area contributed by atoms with Crippen LogP contribution in [0.4, 0.5) is 5.69 Å². The Hall–Kier alpha value is -2.82. The van der Waals surface area contributed by atoms with E-state index in [0.717, 1.165) is 16.8 Å². The Kier molecular flexibility index (Phi) is 6.99. The highest BCUT2D eigenvalue weighted by Gasteiger charge is 2.23. The molecule has 1 atom stereocenters. The highest BCUT2D eigenvalue weighted by Crippen LogP contribution is 2.27. The van der Waals surface area contributed by atoms with Gasteiger partial charge < -0.3 is 14.4 Å². The summed E-state index contributed by atoms with van der Waals surface area (Å²) >= 11 is 0. The molecular weight excluding hydrogens is 342 g/mol. The Morgan fingerprint density at radius 2 is 1.70 bits per heavy atom. The molecule has 27 heavy (non-hydrogen) atoms. The van der Waals surface area contributed by atoms with E-state index in [1.54, 1.807) is 14.0 Å². The molecule has 1 unspecified atom stereocenters. The number of hydrogen-bond donors (Lipinski definition) is 0. The van der Waals surface area contributed by atoms with Crippen molar-refractivity contribution in [3.8, 4) is 5.75 Å². The van der Waals surface area contributed by atoms with Crippen molar-refractivity contribution in [2.24, 2.45) is 0 Å². The number of esters is 1. The van der Waals surface area contributed by atoms with Crippen LogP contribution in [0.3, 0.4) is 0 Å². The lowest BCUT2D eigenvalue weighted by Gasteiger charge is -2.21. The van der Waals surface area contributed by atoms with Gasteiger partial charge in [0.25, 0.3) is 5.91 Å². The predicted octanol–water partition coefficient (Wildman–Crippen LogP) is 4.09. The average Bonchev–Trinajstić information content (AvgIpc) is 2.65. The van der Waals surface area contributed by atoms with Gasteiger partial charge >= 0.3 is 5.97 Å². The molecule has 5 heteroatoms. The van der Waals surface area contributed by atoms with Gasteiger partial charge in [-0.3, -0.25) is 4.79 Å². The number of anilines is 1. The number of nitrogens with zero attached hydrogens (tertiary/aromatic N) is 1. The van der Waals surface area contributed by atoms with Gasteiger partial charge in [0.1, 0.15) is 5.75 Å². The molecule has 0 heterocycles. The fourth-order valence-electron chi connectivity index (χ4n) is 2.71. The Balaban J connectivity index is 1.94. The van der Waals surface area contributed by atoms with E-state index in [0.29, 0.717) is 5.75 Å². The molecule has 144 valence electrons. The van der Waals surface area contributed by atoms with Gasteiger partial charge in [0, 0.05) is 12.7 Å². The first-order valence-corrected chi connectivity index (χ1v) is 9.05. The third kappa shape index (κ3) is 5.58. The average molecular weight is 369 g/mol. The van der Waals surface area contributed by atoms with Crippen molar-refractivity contribution in [3.05, 3.63) is 59.7 Å². The summed E-state index contributed by atoms with van der Waals surface area (Å²) in [5.74, 6) is 0.0699. The summed E-state index contributed by atoms with van der Waals surface area (Å²) in [6, 6.07) is 15.1. The molecule has 0 aliphatic carbocycles. The molecule has 0 aromatic heterocycles. The molecule has 0 bridgehead atoms. The summed E-state index contributed by atoms with van der Waals surface area (Å²) in [4.78, 5) is 26.1. The number of aryl methyl sites for hydroxylation is 1. The largest absolute Gasteiger partial charge is 0.482 e. The van der Waals surface area contributed by atoms with E-state index in [1.165, 1.54) is 4.90 Å². The van der Waals surface area contributed by atoms with E-state index in [-0.39, 0.29) is 18.4 Å². The van der Waals surface area contributed by atoms with Crippen molar-refractivity contribution in [1.82, 2.24) is 0 Å². The smallest absolute Gasteiger partial charge is 0.344 e. The number of carbonyl (C=O) groups is 2. The monoisotopic (exact) mass is 369 g/mol. The van der Waals surface area contributed by atoms with E-state index in [9.17, 15) is 9.59 Å². The van der Waals surface area contributed by atoms with Crippen LogP contribution in [0, 0.1) is 6.92 Å². The fraction of sp³-hybridized carbons (Fsp3) is 0.364. The van der Waals surface area contributed by atoms with E-state index in [1.807, 2.05) is 55.5 Å². The second-order valence-electron chi connectivity index (χ2n) is 6.85. The first kappa shape index (κ1) is 20.5. The van der Waals surface area contributed by atoms with Crippen LogP contribution < -0.4 is 9.64 Å². The first-order chi connectivity index (χ1) is 12.8. The molecular formula is C22H27NO4. The molecule has 0 saturated carbocycles. The molecule has 0 spiro atoms. The number of para-hydroxylation sites is 1. The molecule has 2 aromatic carbocycles. The van der Waals surface area contributed by atoms with Crippen LogP contribution >= 0.6 is 0 Å². The maximum absolute atomic E-state index is 12.4. The molecule has 0 radical (unpaired) electrons. The van der Waals surface area contributed by atoms with Crippen LogP contribution in [0.2, 0.25) is 0 Å². The van der Waals surface area contributed by atoms with Gasteiger partial charge in [0.15, 0.2) is 12.7 Å². The van der Waals surface area contributed by atoms with Gasteiger partial charge in [-0.25, -0.2) is 4.79 Å². The highest BCUT2D eigenvalue weighted by atomic mass is 16.6. The van der Waals surface area contributed by atoms with Crippen molar-refractivity contribution in [1.29, 1.82) is 0 Å². The summed E-state index contributed by atoms with van der Waals surface area (Å²) < 4.78 is 10.9. The number of amides is 1. The van der Waals surface area contributed by atoms with Crippen LogP contribution in [-0.2, 0) is 14.3 Å². The normalized spacial score (nSPS) is 11.8. The summed E-state index contributed by atoms with van der Waals surface area (Å²) in [5, 5.41) is 0. The molecule has 1 amide bonds. The van der Waals surface area contributed by atoms with Crippen LogP contribution in [0.5, 0.6) is 5.75 Å². The number of carbonyl (C=O) groups excluding carboxylic acids is 2. The standard InChI is InChI=1S/C22H27NO4/c1-15(2)19-12-11-16(3)13-20(19)26-14-21(24)27-17(4)22(25)23(5)18-9-7-6-8-10-18/h6-13,15,17H,14H2,1-5H3. The number of ether oxygens (including phenoxy) is 2.